The zero-order valence-corrected chi connectivity index (χ0v) is 23.2. The largest absolute Gasteiger partial charge is 0.506 e. The topological polar surface area (TPSA) is 121 Å². The highest BCUT2D eigenvalue weighted by molar-refractivity contribution is 9.09. The van der Waals surface area contributed by atoms with Crippen molar-refractivity contribution in [1.82, 2.24) is 0 Å². The van der Waals surface area contributed by atoms with Crippen molar-refractivity contribution < 1.29 is 43.5 Å². The molecule has 3 aliphatic heterocycles. The number of hydrogen-bond acceptors (Lipinski definition) is 10. The van der Waals surface area contributed by atoms with Crippen LogP contribution in [0.2, 0.25) is 0 Å². The molecule has 4 aliphatic rings. The number of phenols is 1. The van der Waals surface area contributed by atoms with Gasteiger partial charge < -0.3 is 33.9 Å². The maximum absolute atomic E-state index is 12.9. The van der Waals surface area contributed by atoms with Gasteiger partial charge in [-0.3, -0.25) is 9.59 Å². The quantitative estimate of drug-likeness (QED) is 0.496. The number of carbonyl (C=O) groups is 2. The Balaban J connectivity index is 1.65. The summed E-state index contributed by atoms with van der Waals surface area (Å²) in [6.07, 6.45) is 0.0202. The van der Waals surface area contributed by atoms with Crippen LogP contribution in [0.4, 0.5) is 0 Å². The van der Waals surface area contributed by atoms with Gasteiger partial charge in [0.15, 0.2) is 22.6 Å². The standard InChI is InChI=1S/C26H27BrO9S/c1-11-8-14-18(19(30)17-13(20(14)32-3)6-5-7-15(17)29)21-16(11)22-23-26(33-4,35-21)24(31,9-27)25(34-22,36-23)10-37-12(2)28/h8,22-23,30-31H,5-7,9-10H2,1-4H3/t22?,23?,24-,25?,26-/m1/s1. The Morgan fingerprint density at radius 3 is 2.70 bits per heavy atom. The molecule has 0 amide bonds. The van der Waals surface area contributed by atoms with E-state index < -0.39 is 29.4 Å². The SMILES string of the molecule is COc1c2c(c(O)c3c4c(c(C)cc13)C1OC3(CSC(C)=O)OC1[C@@](OC)(O4)[C@@]3(O)CBr)C(=O)CCC2. The first-order chi connectivity index (χ1) is 17.6. The molecule has 0 aromatic heterocycles. The van der Waals surface area contributed by atoms with E-state index in [2.05, 4.69) is 15.9 Å². The summed E-state index contributed by atoms with van der Waals surface area (Å²) in [4.78, 5) is 24.8. The van der Waals surface area contributed by atoms with E-state index in [0.717, 1.165) is 17.3 Å². The van der Waals surface area contributed by atoms with Crippen LogP contribution in [0.25, 0.3) is 10.8 Å². The number of ether oxygens (including phenoxy) is 5. The van der Waals surface area contributed by atoms with Crippen LogP contribution in [0.15, 0.2) is 6.07 Å². The Labute approximate surface area is 225 Å². The van der Waals surface area contributed by atoms with Crippen LogP contribution in [-0.4, -0.2) is 69.7 Å². The molecule has 3 heterocycles. The van der Waals surface area contributed by atoms with E-state index in [4.69, 9.17) is 23.7 Å². The molecule has 9 nitrogen and oxygen atoms in total. The van der Waals surface area contributed by atoms with Crippen molar-refractivity contribution in [2.24, 2.45) is 0 Å². The summed E-state index contributed by atoms with van der Waals surface area (Å²) in [6, 6.07) is 1.89. The number of aromatic hydroxyl groups is 1. The highest BCUT2D eigenvalue weighted by Crippen LogP contribution is 2.67. The second-order valence-electron chi connectivity index (χ2n) is 9.95. The third-order valence-corrected chi connectivity index (χ3v) is 9.87. The highest BCUT2D eigenvalue weighted by Gasteiger charge is 2.84. The summed E-state index contributed by atoms with van der Waals surface area (Å²) in [7, 11) is 2.95. The average Bonchev–Trinajstić information content (AvgIpc) is 3.36. The molecule has 2 fully saturated rings. The summed E-state index contributed by atoms with van der Waals surface area (Å²) in [6.45, 7) is 3.33. The zero-order valence-electron chi connectivity index (χ0n) is 20.8. The number of rotatable bonds is 5. The van der Waals surface area contributed by atoms with Crippen LogP contribution >= 0.6 is 27.7 Å². The van der Waals surface area contributed by atoms with Crippen molar-refractivity contribution in [1.29, 1.82) is 0 Å². The molecule has 198 valence electrons. The van der Waals surface area contributed by atoms with Gasteiger partial charge in [-0.2, -0.15) is 0 Å². The Bertz CT molecular complexity index is 1380. The molecule has 11 heteroatoms. The number of hydrogen-bond donors (Lipinski definition) is 2. The lowest BCUT2D eigenvalue weighted by Crippen LogP contribution is -2.74. The fourth-order valence-electron chi connectivity index (χ4n) is 6.49. The number of benzene rings is 2. The second-order valence-corrected chi connectivity index (χ2v) is 11.7. The van der Waals surface area contributed by atoms with Crippen molar-refractivity contribution in [3.05, 3.63) is 28.3 Å². The summed E-state index contributed by atoms with van der Waals surface area (Å²) in [5.74, 6) is -2.89. The number of ketones is 1. The molecule has 0 saturated carbocycles. The molecular weight excluding hydrogens is 568 g/mol. The molecule has 2 bridgehead atoms. The summed E-state index contributed by atoms with van der Waals surface area (Å²) in [5.41, 5.74) is 0.469. The number of thioether (sulfide) groups is 1. The van der Waals surface area contributed by atoms with Gasteiger partial charge in [-0.15, -0.1) is 0 Å². The Morgan fingerprint density at radius 1 is 1.30 bits per heavy atom. The van der Waals surface area contributed by atoms with Gasteiger partial charge in [0.25, 0.3) is 5.79 Å². The molecule has 6 rings (SSSR count). The highest BCUT2D eigenvalue weighted by atomic mass is 79.9. The van der Waals surface area contributed by atoms with Gasteiger partial charge in [0.2, 0.25) is 5.79 Å². The van der Waals surface area contributed by atoms with Crippen LogP contribution in [-0.2, 0) is 25.4 Å². The van der Waals surface area contributed by atoms with Gasteiger partial charge in [0, 0.05) is 42.3 Å². The smallest absolute Gasteiger partial charge is 0.275 e. The number of methoxy groups -OCH3 is 2. The first-order valence-corrected chi connectivity index (χ1v) is 14.1. The lowest BCUT2D eigenvalue weighted by Gasteiger charge is -2.53. The Kier molecular flexibility index (Phi) is 5.70. The van der Waals surface area contributed by atoms with E-state index in [0.29, 0.717) is 46.9 Å². The normalized spacial score (nSPS) is 33.3. The first-order valence-electron chi connectivity index (χ1n) is 12.0. The number of phenolic OH excluding ortho intramolecular Hbond substituents is 1. The van der Waals surface area contributed by atoms with Gasteiger partial charge in [-0.25, -0.2) is 0 Å². The molecule has 2 saturated heterocycles. The van der Waals surface area contributed by atoms with Crippen LogP contribution < -0.4 is 9.47 Å². The first kappa shape index (κ1) is 25.4. The van der Waals surface area contributed by atoms with E-state index in [1.807, 2.05) is 13.0 Å². The molecule has 2 N–H and O–H groups in total. The maximum Gasteiger partial charge on any atom is 0.275 e. The van der Waals surface area contributed by atoms with Crippen molar-refractivity contribution in [3.8, 4) is 17.2 Å². The third kappa shape index (κ3) is 2.95. The predicted molar refractivity (Wildman–Crippen MR) is 138 cm³/mol. The lowest BCUT2D eigenvalue weighted by atomic mass is 9.77. The van der Waals surface area contributed by atoms with Gasteiger partial charge in [-0.1, -0.05) is 27.7 Å². The number of Topliss-reactive ketones (excluding diaryl/α,β-unsaturated/α-hetero) is 1. The number of fused-ring (bicyclic) bond motifs is 6. The Hall–Kier alpha value is -1.89. The van der Waals surface area contributed by atoms with E-state index in [1.54, 1.807) is 0 Å². The number of carbonyl (C=O) groups excluding carboxylic acids is 2. The van der Waals surface area contributed by atoms with E-state index >= 15 is 0 Å². The Morgan fingerprint density at radius 2 is 2.05 bits per heavy atom. The minimum atomic E-state index is -1.87. The fourth-order valence-corrected chi connectivity index (χ4v) is 8.07. The van der Waals surface area contributed by atoms with Gasteiger partial charge >= 0.3 is 0 Å². The third-order valence-electron chi connectivity index (χ3n) is 8.13. The number of aliphatic hydroxyl groups is 1. The van der Waals surface area contributed by atoms with E-state index in [-0.39, 0.29) is 39.0 Å². The monoisotopic (exact) mass is 594 g/mol. The van der Waals surface area contributed by atoms with E-state index in [1.165, 1.54) is 21.1 Å². The van der Waals surface area contributed by atoms with Crippen molar-refractivity contribution in [3.63, 3.8) is 0 Å². The minimum Gasteiger partial charge on any atom is -0.506 e. The molecule has 1 aliphatic carbocycles. The predicted octanol–water partition coefficient (Wildman–Crippen LogP) is 3.69. The van der Waals surface area contributed by atoms with Crippen molar-refractivity contribution in [2.45, 2.75) is 62.5 Å². The summed E-state index contributed by atoms with van der Waals surface area (Å²) in [5, 5.41) is 24.3. The number of halogens is 1. The number of alkyl halides is 1. The summed E-state index contributed by atoms with van der Waals surface area (Å²) < 4.78 is 31.1. The molecular formula is C26H27BrO9S. The number of aryl methyl sites for hydroxylation is 1. The van der Waals surface area contributed by atoms with Crippen LogP contribution in [0.5, 0.6) is 17.2 Å². The molecule has 3 unspecified atom stereocenters. The zero-order chi connectivity index (χ0) is 26.5. The summed E-state index contributed by atoms with van der Waals surface area (Å²) >= 11 is 4.38. The van der Waals surface area contributed by atoms with Crippen LogP contribution in [0.1, 0.15) is 52.9 Å². The molecule has 5 atom stereocenters. The van der Waals surface area contributed by atoms with Gasteiger partial charge in [0.1, 0.15) is 23.4 Å². The van der Waals surface area contributed by atoms with Gasteiger partial charge in [-0.05, 0) is 31.4 Å². The molecule has 2 aromatic carbocycles. The molecule has 0 spiro atoms. The molecule has 2 aromatic rings. The maximum atomic E-state index is 12.9. The van der Waals surface area contributed by atoms with Crippen LogP contribution in [0.3, 0.4) is 0 Å². The van der Waals surface area contributed by atoms with Crippen LogP contribution in [0, 0.1) is 6.92 Å². The average molecular weight is 595 g/mol. The fraction of sp³-hybridized carbons (Fsp3) is 0.538. The molecule has 37 heavy (non-hydrogen) atoms. The van der Waals surface area contributed by atoms with E-state index in [9.17, 15) is 19.8 Å². The van der Waals surface area contributed by atoms with Crippen molar-refractivity contribution in [2.75, 3.05) is 25.3 Å². The minimum absolute atomic E-state index is 0.0228. The van der Waals surface area contributed by atoms with Crippen molar-refractivity contribution >= 4 is 49.4 Å². The van der Waals surface area contributed by atoms with Gasteiger partial charge in [0.05, 0.1) is 23.8 Å². The lowest BCUT2D eigenvalue weighted by molar-refractivity contribution is -0.339. The second kappa shape index (κ2) is 8.30. The molecule has 0 radical (unpaired) electrons.